The van der Waals surface area contributed by atoms with Gasteiger partial charge in [-0.15, -0.1) is 34.0 Å². The second-order valence-corrected chi connectivity index (χ2v) is 11.1. The van der Waals surface area contributed by atoms with Crippen molar-refractivity contribution in [3.8, 4) is 9.88 Å². The number of ketones is 2. The van der Waals surface area contributed by atoms with Crippen LogP contribution in [0, 0.1) is 0 Å². The van der Waals surface area contributed by atoms with E-state index >= 15 is 0 Å². The van der Waals surface area contributed by atoms with E-state index < -0.39 is 0 Å². The molecule has 0 aliphatic heterocycles. The smallest absolute Gasteiger partial charge is 0.197 e. The highest BCUT2D eigenvalue weighted by molar-refractivity contribution is 7.31. The van der Waals surface area contributed by atoms with Crippen LogP contribution in [0.2, 0.25) is 0 Å². The van der Waals surface area contributed by atoms with Crippen molar-refractivity contribution in [3.05, 3.63) is 94.4 Å². The second-order valence-electron chi connectivity index (χ2n) is 7.95. The van der Waals surface area contributed by atoms with Crippen molar-refractivity contribution in [1.29, 1.82) is 0 Å². The van der Waals surface area contributed by atoms with E-state index in [0.717, 1.165) is 35.1 Å². The Morgan fingerprint density at radius 1 is 0.667 bits per heavy atom. The second kappa shape index (κ2) is 7.02. The van der Waals surface area contributed by atoms with E-state index in [9.17, 15) is 9.59 Å². The van der Waals surface area contributed by atoms with Crippen molar-refractivity contribution < 1.29 is 9.59 Å². The lowest BCUT2D eigenvalue weighted by atomic mass is 10.0. The zero-order chi connectivity index (χ0) is 22.1. The number of carbonyl (C=O) groups excluding carboxylic acids is 2. The van der Waals surface area contributed by atoms with Crippen LogP contribution >= 0.6 is 34.0 Å². The first-order valence-electron chi connectivity index (χ1n) is 10.4. The molecule has 0 saturated heterocycles. The average molecular weight is 480 g/mol. The average Bonchev–Trinajstić information content (AvgIpc) is 3.57. The topological polar surface area (TPSA) is 47.0 Å². The molecule has 3 aromatic heterocycles. The van der Waals surface area contributed by atoms with Gasteiger partial charge in [-0.1, -0.05) is 42.5 Å². The number of thiophene rings is 2. The number of benzene rings is 3. The Labute approximate surface area is 200 Å². The number of allylic oxidation sites excluding steroid dienone is 1. The number of fused-ring (bicyclic) bond motifs is 4. The van der Waals surface area contributed by atoms with Gasteiger partial charge in [0.25, 0.3) is 0 Å². The minimum atomic E-state index is -0.198. The largest absolute Gasteiger partial charge is 0.288 e. The van der Waals surface area contributed by atoms with Crippen LogP contribution in [0.5, 0.6) is 0 Å². The first kappa shape index (κ1) is 19.1. The van der Waals surface area contributed by atoms with E-state index in [4.69, 9.17) is 4.98 Å². The van der Waals surface area contributed by atoms with Gasteiger partial charge in [0.2, 0.25) is 0 Å². The summed E-state index contributed by atoms with van der Waals surface area (Å²) in [6.45, 7) is 0. The lowest BCUT2D eigenvalue weighted by Crippen LogP contribution is -1.99. The monoisotopic (exact) mass is 479 g/mol. The van der Waals surface area contributed by atoms with Crippen molar-refractivity contribution in [2.24, 2.45) is 0 Å². The number of hydrogen-bond acceptors (Lipinski definition) is 6. The minimum absolute atomic E-state index is 0.198. The fourth-order valence-corrected chi connectivity index (χ4v) is 7.58. The molecule has 0 atom stereocenters. The third-order valence-electron chi connectivity index (χ3n) is 5.90. The molecule has 0 unspecified atom stereocenters. The molecule has 0 bridgehead atoms. The van der Waals surface area contributed by atoms with E-state index in [0.29, 0.717) is 11.1 Å². The highest BCUT2D eigenvalue weighted by atomic mass is 32.1. The lowest BCUT2D eigenvalue weighted by Gasteiger charge is -2.00. The Kier molecular flexibility index (Phi) is 4.06. The standard InChI is InChI=1S/C27H13NO2S3/c29-24-18-9-14-5-1-2-6-15(14)10-19(18)25(30)20(24)12-17-13-23-26(31-17)28-27(33-23)22-11-16-7-3-4-8-21(16)32-22/h1-13H. The normalized spacial score (nSPS) is 13.5. The molecule has 3 heterocycles. The summed E-state index contributed by atoms with van der Waals surface area (Å²) in [6.07, 6.45) is 1.73. The maximum Gasteiger partial charge on any atom is 0.197 e. The van der Waals surface area contributed by atoms with Crippen molar-refractivity contribution in [1.82, 2.24) is 4.98 Å². The van der Waals surface area contributed by atoms with Gasteiger partial charge < -0.3 is 0 Å². The highest BCUT2D eigenvalue weighted by Gasteiger charge is 2.33. The van der Waals surface area contributed by atoms with Crippen LogP contribution in [0.25, 0.3) is 46.3 Å². The molecule has 1 aliphatic carbocycles. The summed E-state index contributed by atoms with van der Waals surface area (Å²) in [5.74, 6) is -0.395. The third-order valence-corrected chi connectivity index (χ3v) is 9.29. The first-order chi connectivity index (χ1) is 16.1. The van der Waals surface area contributed by atoms with Gasteiger partial charge >= 0.3 is 0 Å². The van der Waals surface area contributed by atoms with Gasteiger partial charge in [0.05, 0.1) is 15.2 Å². The van der Waals surface area contributed by atoms with Crippen molar-refractivity contribution in [2.45, 2.75) is 0 Å². The van der Waals surface area contributed by atoms with Crippen LogP contribution in [0.15, 0.2) is 78.4 Å². The van der Waals surface area contributed by atoms with E-state index in [1.54, 1.807) is 28.7 Å². The van der Waals surface area contributed by atoms with Crippen molar-refractivity contribution in [3.63, 3.8) is 0 Å². The summed E-state index contributed by atoms with van der Waals surface area (Å²) in [6, 6.07) is 24.0. The van der Waals surface area contributed by atoms with Crippen LogP contribution in [0.4, 0.5) is 0 Å². The van der Waals surface area contributed by atoms with Crippen LogP contribution in [0.3, 0.4) is 0 Å². The number of thiazole rings is 1. The molecule has 0 spiro atoms. The molecule has 1 aliphatic rings. The van der Waals surface area contributed by atoms with Crippen molar-refractivity contribution >= 4 is 82.0 Å². The van der Waals surface area contributed by atoms with Gasteiger partial charge in [0.15, 0.2) is 11.6 Å². The maximum atomic E-state index is 13.0. The molecule has 0 radical (unpaired) electrons. The van der Waals surface area contributed by atoms with E-state index in [2.05, 4.69) is 24.3 Å². The SMILES string of the molecule is O=C1C(=Cc2cc3sc(-c4cc5ccccc5s4)nc3s2)C(=O)c2cc3ccccc3cc21. The lowest BCUT2D eigenvalue weighted by molar-refractivity contribution is 0.0990. The molecule has 7 rings (SSSR count). The van der Waals surface area contributed by atoms with E-state index in [-0.39, 0.29) is 17.1 Å². The minimum Gasteiger partial charge on any atom is -0.288 e. The van der Waals surface area contributed by atoms with Crippen LogP contribution < -0.4 is 0 Å². The van der Waals surface area contributed by atoms with Gasteiger partial charge in [0.1, 0.15) is 9.84 Å². The van der Waals surface area contributed by atoms with E-state index in [1.807, 2.05) is 48.5 Å². The van der Waals surface area contributed by atoms with Crippen LogP contribution in [-0.2, 0) is 0 Å². The summed E-state index contributed by atoms with van der Waals surface area (Å²) in [7, 11) is 0. The van der Waals surface area contributed by atoms with Crippen LogP contribution in [-0.4, -0.2) is 16.6 Å². The Balaban J connectivity index is 1.26. The number of hydrogen-bond donors (Lipinski definition) is 0. The van der Waals surface area contributed by atoms with Gasteiger partial charge in [-0.25, -0.2) is 4.98 Å². The molecular formula is C27H13NO2S3. The Morgan fingerprint density at radius 2 is 1.33 bits per heavy atom. The summed E-state index contributed by atoms with van der Waals surface area (Å²) >= 11 is 4.91. The van der Waals surface area contributed by atoms with Gasteiger partial charge in [0, 0.05) is 20.7 Å². The van der Waals surface area contributed by atoms with Gasteiger partial charge in [-0.3, -0.25) is 9.59 Å². The molecule has 0 fully saturated rings. The number of rotatable bonds is 2. The highest BCUT2D eigenvalue weighted by Crippen LogP contribution is 2.41. The number of aromatic nitrogens is 1. The number of nitrogens with zero attached hydrogens (tertiary/aromatic N) is 1. The Morgan fingerprint density at radius 3 is 2.00 bits per heavy atom. The predicted octanol–water partition coefficient (Wildman–Crippen LogP) is 7.86. The molecule has 6 heteroatoms. The molecule has 0 amide bonds. The molecule has 33 heavy (non-hydrogen) atoms. The van der Waals surface area contributed by atoms with Gasteiger partial charge in [-0.2, -0.15) is 0 Å². The summed E-state index contributed by atoms with van der Waals surface area (Å²) in [4.78, 5) is 33.9. The zero-order valence-electron chi connectivity index (χ0n) is 17.0. The Bertz CT molecular complexity index is 1690. The molecule has 156 valence electrons. The van der Waals surface area contributed by atoms with Crippen molar-refractivity contribution in [2.75, 3.05) is 0 Å². The zero-order valence-corrected chi connectivity index (χ0v) is 19.4. The van der Waals surface area contributed by atoms with Gasteiger partial charge in [-0.05, 0) is 52.6 Å². The fraction of sp³-hybridized carbons (Fsp3) is 0. The molecular weight excluding hydrogens is 467 g/mol. The van der Waals surface area contributed by atoms with E-state index in [1.165, 1.54) is 21.4 Å². The summed E-state index contributed by atoms with van der Waals surface area (Å²) in [5.41, 5.74) is 1.22. The fourth-order valence-electron chi connectivity index (χ4n) is 4.30. The third kappa shape index (κ3) is 2.95. The first-order valence-corrected chi connectivity index (χ1v) is 12.8. The molecule has 0 N–H and O–H groups in total. The van der Waals surface area contributed by atoms with Crippen LogP contribution in [0.1, 0.15) is 25.6 Å². The summed E-state index contributed by atoms with van der Waals surface area (Å²) < 4.78 is 2.32. The predicted molar refractivity (Wildman–Crippen MR) is 139 cm³/mol. The summed E-state index contributed by atoms with van der Waals surface area (Å²) in [5, 5.41) is 4.16. The molecule has 3 nitrogen and oxygen atoms in total. The number of carbonyl (C=O) groups is 2. The quantitative estimate of drug-likeness (QED) is 0.188. The molecule has 6 aromatic rings. The number of Topliss-reactive ketones (excluding diaryl/α,β-unsaturated/α-hetero) is 2. The molecule has 3 aromatic carbocycles. The maximum absolute atomic E-state index is 13.0. The Hall–Kier alpha value is -3.45. The molecule has 0 saturated carbocycles.